The highest BCUT2D eigenvalue weighted by Gasteiger charge is 2.25. The Labute approximate surface area is 103 Å². The Morgan fingerprint density at radius 2 is 2.19 bits per heavy atom. The minimum Gasteiger partial charge on any atom is -0.237 e. The largest absolute Gasteiger partial charge is 0.237 e. The van der Waals surface area contributed by atoms with Crippen molar-refractivity contribution in [1.29, 1.82) is 0 Å². The van der Waals surface area contributed by atoms with Gasteiger partial charge in [0.2, 0.25) is 0 Å². The molecule has 82 valence electrons. The molecule has 0 aromatic carbocycles. The zero-order valence-corrected chi connectivity index (χ0v) is 10.4. The second-order valence-electron chi connectivity index (χ2n) is 4.12. The minimum absolute atomic E-state index is 0.697. The molecule has 1 aliphatic carbocycles. The van der Waals surface area contributed by atoms with Crippen molar-refractivity contribution in [3.05, 3.63) is 41.9 Å². The third-order valence-corrected chi connectivity index (χ3v) is 3.45. The van der Waals surface area contributed by atoms with Crippen LogP contribution in [0.1, 0.15) is 30.0 Å². The number of halogens is 1. The molecule has 1 saturated carbocycles. The van der Waals surface area contributed by atoms with E-state index in [4.69, 9.17) is 0 Å². The molecule has 0 atom stereocenters. The van der Waals surface area contributed by atoms with Gasteiger partial charge in [-0.2, -0.15) is 5.10 Å². The molecule has 0 unspecified atom stereocenters. The third-order valence-electron chi connectivity index (χ3n) is 2.80. The topological polar surface area (TPSA) is 30.7 Å². The van der Waals surface area contributed by atoms with Crippen LogP contribution in [-0.4, -0.2) is 14.8 Å². The Kier molecular flexibility index (Phi) is 2.52. The van der Waals surface area contributed by atoms with Crippen LogP contribution in [0.5, 0.6) is 0 Å². The van der Waals surface area contributed by atoms with E-state index in [0.717, 1.165) is 11.1 Å². The molecule has 4 heteroatoms. The fourth-order valence-electron chi connectivity index (χ4n) is 1.69. The van der Waals surface area contributed by atoms with Crippen LogP contribution in [0, 0.1) is 0 Å². The number of alkyl halides is 1. The van der Waals surface area contributed by atoms with Crippen LogP contribution in [0.15, 0.2) is 30.6 Å². The van der Waals surface area contributed by atoms with Crippen LogP contribution in [0.2, 0.25) is 0 Å². The average molecular weight is 278 g/mol. The van der Waals surface area contributed by atoms with Gasteiger partial charge in [-0.1, -0.05) is 22.0 Å². The molecule has 3 rings (SSSR count). The van der Waals surface area contributed by atoms with Crippen molar-refractivity contribution in [2.24, 2.45) is 0 Å². The highest BCUT2D eigenvalue weighted by molar-refractivity contribution is 9.08. The molecular weight excluding hydrogens is 266 g/mol. The molecule has 2 aromatic rings. The summed E-state index contributed by atoms with van der Waals surface area (Å²) in [7, 11) is 0. The maximum atomic E-state index is 4.54. The summed E-state index contributed by atoms with van der Waals surface area (Å²) >= 11 is 3.41. The first-order chi connectivity index (χ1) is 7.86. The predicted molar refractivity (Wildman–Crippen MR) is 66.0 cm³/mol. The summed E-state index contributed by atoms with van der Waals surface area (Å²) in [5.41, 5.74) is 2.38. The van der Waals surface area contributed by atoms with Crippen LogP contribution >= 0.6 is 15.9 Å². The molecule has 2 heterocycles. The summed E-state index contributed by atoms with van der Waals surface area (Å²) in [5.74, 6) is 1.58. The molecule has 0 bridgehead atoms. The van der Waals surface area contributed by atoms with Crippen LogP contribution in [0.3, 0.4) is 0 Å². The van der Waals surface area contributed by atoms with Crippen molar-refractivity contribution >= 4 is 15.9 Å². The smallest absolute Gasteiger partial charge is 0.153 e. The van der Waals surface area contributed by atoms with Gasteiger partial charge in [-0.25, -0.2) is 9.67 Å². The van der Waals surface area contributed by atoms with E-state index >= 15 is 0 Å². The van der Waals surface area contributed by atoms with Gasteiger partial charge in [0, 0.05) is 23.6 Å². The summed E-state index contributed by atoms with van der Waals surface area (Å²) in [4.78, 5) is 4.38. The van der Waals surface area contributed by atoms with E-state index < -0.39 is 0 Å². The number of hydrogen-bond acceptors (Lipinski definition) is 2. The van der Waals surface area contributed by atoms with E-state index in [9.17, 15) is 0 Å². The minimum atomic E-state index is 0.697. The molecule has 0 spiro atoms. The maximum absolute atomic E-state index is 4.54. The first kappa shape index (κ1) is 10.0. The van der Waals surface area contributed by atoms with Crippen molar-refractivity contribution in [3.63, 3.8) is 0 Å². The quantitative estimate of drug-likeness (QED) is 0.808. The summed E-state index contributed by atoms with van der Waals surface area (Å²) in [6.45, 7) is 0. The Morgan fingerprint density at radius 1 is 1.31 bits per heavy atom. The summed E-state index contributed by atoms with van der Waals surface area (Å²) < 4.78 is 1.85. The van der Waals surface area contributed by atoms with Crippen LogP contribution < -0.4 is 0 Å². The molecular formula is C12H12BrN3. The van der Waals surface area contributed by atoms with Crippen molar-refractivity contribution < 1.29 is 0 Å². The van der Waals surface area contributed by atoms with E-state index in [1.165, 1.54) is 24.1 Å². The van der Waals surface area contributed by atoms with Gasteiger partial charge in [0.05, 0.1) is 5.69 Å². The molecule has 1 aliphatic rings. The van der Waals surface area contributed by atoms with E-state index in [2.05, 4.69) is 38.1 Å². The molecule has 3 nitrogen and oxygen atoms in total. The number of hydrogen-bond donors (Lipinski definition) is 0. The van der Waals surface area contributed by atoms with Gasteiger partial charge in [-0.3, -0.25) is 0 Å². The van der Waals surface area contributed by atoms with Crippen LogP contribution in [-0.2, 0) is 5.33 Å². The highest BCUT2D eigenvalue weighted by Crippen LogP contribution is 2.38. The highest BCUT2D eigenvalue weighted by atomic mass is 79.9. The lowest BCUT2D eigenvalue weighted by Crippen LogP contribution is -1.98. The van der Waals surface area contributed by atoms with Gasteiger partial charge in [0.25, 0.3) is 0 Å². The van der Waals surface area contributed by atoms with E-state index in [1.54, 1.807) is 0 Å². The molecule has 0 N–H and O–H groups in total. The molecule has 1 fully saturated rings. The zero-order chi connectivity index (χ0) is 11.0. The second kappa shape index (κ2) is 4.01. The standard InChI is InChI=1S/C12H12BrN3/c13-7-9-1-4-12(14-8-9)16-6-5-11(15-16)10-2-3-10/h1,4-6,8,10H,2-3,7H2. The predicted octanol–water partition coefficient (Wildman–Crippen LogP) is 3.04. The fraction of sp³-hybridized carbons (Fsp3) is 0.333. The van der Waals surface area contributed by atoms with E-state index in [0.29, 0.717) is 5.92 Å². The fourth-order valence-corrected chi connectivity index (χ4v) is 2.03. The molecule has 16 heavy (non-hydrogen) atoms. The normalized spacial score (nSPS) is 15.3. The summed E-state index contributed by atoms with van der Waals surface area (Å²) in [5, 5.41) is 5.38. The summed E-state index contributed by atoms with van der Waals surface area (Å²) in [6, 6.07) is 6.16. The van der Waals surface area contributed by atoms with Gasteiger partial charge in [0.15, 0.2) is 5.82 Å². The Hall–Kier alpha value is -1.16. The number of rotatable bonds is 3. The number of pyridine rings is 1. The first-order valence-corrected chi connectivity index (χ1v) is 6.56. The number of nitrogens with zero attached hydrogens (tertiary/aromatic N) is 3. The van der Waals surface area contributed by atoms with Gasteiger partial charge in [-0.15, -0.1) is 0 Å². The zero-order valence-electron chi connectivity index (χ0n) is 8.81. The summed E-state index contributed by atoms with van der Waals surface area (Å²) in [6.07, 6.45) is 6.44. The lowest BCUT2D eigenvalue weighted by atomic mass is 10.3. The van der Waals surface area contributed by atoms with Gasteiger partial charge in [-0.05, 0) is 30.5 Å². The number of aromatic nitrogens is 3. The molecule has 2 aromatic heterocycles. The Bertz CT molecular complexity index is 485. The lowest BCUT2D eigenvalue weighted by Gasteiger charge is -2.00. The van der Waals surface area contributed by atoms with Crippen LogP contribution in [0.4, 0.5) is 0 Å². The third kappa shape index (κ3) is 1.89. The van der Waals surface area contributed by atoms with Crippen molar-refractivity contribution in [3.8, 4) is 5.82 Å². The monoisotopic (exact) mass is 277 g/mol. The molecule has 0 aliphatic heterocycles. The van der Waals surface area contributed by atoms with Gasteiger partial charge >= 0.3 is 0 Å². The Morgan fingerprint density at radius 3 is 2.81 bits per heavy atom. The molecule has 0 saturated heterocycles. The molecule has 0 radical (unpaired) electrons. The van der Waals surface area contributed by atoms with E-state index in [1.807, 2.05) is 23.1 Å². The lowest BCUT2D eigenvalue weighted by molar-refractivity contribution is 0.812. The maximum Gasteiger partial charge on any atom is 0.153 e. The Balaban J connectivity index is 1.88. The first-order valence-electron chi connectivity index (χ1n) is 5.43. The SMILES string of the molecule is BrCc1ccc(-n2ccc(C3CC3)n2)nc1. The molecule has 0 amide bonds. The average Bonchev–Trinajstić information content (AvgIpc) is 3.08. The van der Waals surface area contributed by atoms with Crippen LogP contribution in [0.25, 0.3) is 5.82 Å². The second-order valence-corrected chi connectivity index (χ2v) is 4.68. The van der Waals surface area contributed by atoms with E-state index in [-0.39, 0.29) is 0 Å². The van der Waals surface area contributed by atoms with Crippen molar-refractivity contribution in [2.45, 2.75) is 24.1 Å². The van der Waals surface area contributed by atoms with Crippen molar-refractivity contribution in [1.82, 2.24) is 14.8 Å². The van der Waals surface area contributed by atoms with Gasteiger partial charge < -0.3 is 0 Å². The van der Waals surface area contributed by atoms with Gasteiger partial charge in [0.1, 0.15) is 0 Å². The van der Waals surface area contributed by atoms with Crippen molar-refractivity contribution in [2.75, 3.05) is 0 Å².